The molecule has 0 fully saturated rings. The van der Waals surface area contributed by atoms with Crippen LogP contribution in [0.15, 0.2) is 24.3 Å². The van der Waals surface area contributed by atoms with Gasteiger partial charge in [0.05, 0.1) is 5.69 Å². The third-order valence-electron chi connectivity index (χ3n) is 3.33. The third-order valence-corrected chi connectivity index (χ3v) is 3.33. The van der Waals surface area contributed by atoms with Crippen LogP contribution in [0.4, 0.5) is 18.9 Å². The lowest BCUT2D eigenvalue weighted by atomic mass is 10.00. The molecule has 4 heteroatoms. The van der Waals surface area contributed by atoms with E-state index in [9.17, 15) is 13.2 Å². The van der Waals surface area contributed by atoms with Crippen LogP contribution in [0.25, 0.3) is 0 Å². The first kappa shape index (κ1) is 14.4. The van der Waals surface area contributed by atoms with Gasteiger partial charge in [-0.25, -0.2) is 13.2 Å². The third kappa shape index (κ3) is 2.79. The Kier molecular flexibility index (Phi) is 4.02. The molecule has 0 aliphatic heterocycles. The summed E-state index contributed by atoms with van der Waals surface area (Å²) in [4.78, 5) is 0. The summed E-state index contributed by atoms with van der Waals surface area (Å²) in [6.45, 7) is 6.31. The van der Waals surface area contributed by atoms with E-state index in [0.29, 0.717) is 6.54 Å². The Hall–Kier alpha value is -1.97. The average Bonchev–Trinajstić information content (AvgIpc) is 2.37. The second-order valence-electron chi connectivity index (χ2n) is 4.95. The van der Waals surface area contributed by atoms with Gasteiger partial charge in [0.2, 0.25) is 0 Å². The van der Waals surface area contributed by atoms with Gasteiger partial charge in [0.25, 0.3) is 0 Å². The number of rotatable bonds is 3. The Balaban J connectivity index is 2.24. The van der Waals surface area contributed by atoms with Crippen molar-refractivity contribution in [2.75, 3.05) is 5.32 Å². The lowest BCUT2D eigenvalue weighted by Gasteiger charge is -2.14. The highest BCUT2D eigenvalue weighted by Gasteiger charge is 2.13. The average molecular weight is 279 g/mol. The minimum Gasteiger partial charge on any atom is -0.378 e. The van der Waals surface area contributed by atoms with Crippen LogP contribution in [-0.4, -0.2) is 0 Å². The molecule has 0 aliphatic carbocycles. The standard InChI is InChI=1S/C16H16F3N/c1-9-6-10(2)12(11(3)7-9)8-20-14-5-4-13(17)15(18)16(14)19/h4-7,20H,8H2,1-3H3. The molecule has 0 saturated heterocycles. The molecule has 0 saturated carbocycles. The molecule has 0 radical (unpaired) electrons. The molecule has 0 aromatic heterocycles. The highest BCUT2D eigenvalue weighted by Crippen LogP contribution is 2.22. The van der Waals surface area contributed by atoms with Gasteiger partial charge < -0.3 is 5.32 Å². The molecule has 0 aliphatic rings. The summed E-state index contributed by atoms with van der Waals surface area (Å²) < 4.78 is 39.5. The van der Waals surface area contributed by atoms with Crippen LogP contribution in [0, 0.1) is 38.2 Å². The molecule has 0 unspecified atom stereocenters. The van der Waals surface area contributed by atoms with Crippen LogP contribution in [0.2, 0.25) is 0 Å². The van der Waals surface area contributed by atoms with Crippen molar-refractivity contribution in [2.24, 2.45) is 0 Å². The summed E-state index contributed by atoms with van der Waals surface area (Å²) in [6.07, 6.45) is 0. The number of benzene rings is 2. The summed E-state index contributed by atoms with van der Waals surface area (Å²) >= 11 is 0. The fourth-order valence-electron chi connectivity index (χ4n) is 2.33. The Labute approximate surface area is 116 Å². The first-order valence-corrected chi connectivity index (χ1v) is 6.34. The Morgan fingerprint density at radius 3 is 2.10 bits per heavy atom. The zero-order chi connectivity index (χ0) is 14.9. The minimum absolute atomic E-state index is 0.0386. The normalized spacial score (nSPS) is 10.7. The van der Waals surface area contributed by atoms with Gasteiger partial charge in [-0.2, -0.15) is 0 Å². The molecule has 2 aromatic carbocycles. The van der Waals surface area contributed by atoms with Crippen molar-refractivity contribution < 1.29 is 13.2 Å². The number of hydrogen-bond acceptors (Lipinski definition) is 1. The van der Waals surface area contributed by atoms with E-state index in [1.165, 1.54) is 6.07 Å². The predicted octanol–water partition coefficient (Wildman–Crippen LogP) is 4.64. The first-order valence-electron chi connectivity index (χ1n) is 6.34. The van der Waals surface area contributed by atoms with E-state index in [1.54, 1.807) is 0 Å². The summed E-state index contributed by atoms with van der Waals surface area (Å²) in [7, 11) is 0. The lowest BCUT2D eigenvalue weighted by Crippen LogP contribution is -2.07. The molecule has 0 atom stereocenters. The summed E-state index contributed by atoms with van der Waals surface area (Å²) in [5.41, 5.74) is 4.31. The van der Waals surface area contributed by atoms with Gasteiger partial charge in [0.1, 0.15) is 0 Å². The maximum atomic E-state index is 13.6. The molecule has 20 heavy (non-hydrogen) atoms. The Morgan fingerprint density at radius 2 is 1.50 bits per heavy atom. The largest absolute Gasteiger partial charge is 0.378 e. The maximum Gasteiger partial charge on any atom is 0.196 e. The quantitative estimate of drug-likeness (QED) is 0.807. The van der Waals surface area contributed by atoms with Gasteiger partial charge in [-0.05, 0) is 49.6 Å². The van der Waals surface area contributed by atoms with Crippen molar-refractivity contribution in [3.05, 3.63) is 64.0 Å². The Bertz CT molecular complexity index is 627. The van der Waals surface area contributed by atoms with Crippen LogP contribution in [0.1, 0.15) is 22.3 Å². The number of aryl methyl sites for hydroxylation is 3. The molecular weight excluding hydrogens is 263 g/mol. The SMILES string of the molecule is Cc1cc(C)c(CNc2ccc(F)c(F)c2F)c(C)c1. The van der Waals surface area contributed by atoms with E-state index < -0.39 is 17.5 Å². The second kappa shape index (κ2) is 5.57. The first-order chi connectivity index (χ1) is 9.40. The smallest absolute Gasteiger partial charge is 0.196 e. The van der Waals surface area contributed by atoms with E-state index in [-0.39, 0.29) is 5.69 Å². The van der Waals surface area contributed by atoms with Crippen LogP contribution in [0.5, 0.6) is 0 Å². The molecule has 2 aromatic rings. The molecule has 1 N–H and O–H groups in total. The molecular formula is C16H16F3N. The lowest BCUT2D eigenvalue weighted by molar-refractivity contribution is 0.449. The Morgan fingerprint density at radius 1 is 0.900 bits per heavy atom. The summed E-state index contributed by atoms with van der Waals surface area (Å²) in [5, 5.41) is 2.82. The highest BCUT2D eigenvalue weighted by atomic mass is 19.2. The molecule has 0 bridgehead atoms. The number of nitrogens with one attached hydrogen (secondary N) is 1. The van der Waals surface area contributed by atoms with Gasteiger partial charge >= 0.3 is 0 Å². The zero-order valence-electron chi connectivity index (χ0n) is 11.7. The van der Waals surface area contributed by atoms with Crippen molar-refractivity contribution in [3.8, 4) is 0 Å². The molecule has 0 amide bonds. The van der Waals surface area contributed by atoms with E-state index >= 15 is 0 Å². The molecule has 106 valence electrons. The summed E-state index contributed by atoms with van der Waals surface area (Å²) in [6, 6.07) is 6.18. The predicted molar refractivity (Wildman–Crippen MR) is 74.3 cm³/mol. The van der Waals surface area contributed by atoms with E-state index in [2.05, 4.69) is 5.32 Å². The van der Waals surface area contributed by atoms with Crippen LogP contribution in [0.3, 0.4) is 0 Å². The van der Waals surface area contributed by atoms with Crippen molar-refractivity contribution in [1.29, 1.82) is 0 Å². The maximum absolute atomic E-state index is 13.6. The van der Waals surface area contributed by atoms with Gasteiger partial charge in [-0.3, -0.25) is 0 Å². The number of halogens is 3. The van der Waals surface area contributed by atoms with Gasteiger partial charge in [0.15, 0.2) is 17.5 Å². The van der Waals surface area contributed by atoms with Crippen LogP contribution >= 0.6 is 0 Å². The molecule has 1 nitrogen and oxygen atoms in total. The van der Waals surface area contributed by atoms with Crippen molar-refractivity contribution in [1.82, 2.24) is 0 Å². The van der Waals surface area contributed by atoms with Crippen molar-refractivity contribution >= 4 is 5.69 Å². The summed E-state index contributed by atoms with van der Waals surface area (Å²) in [5.74, 6) is -3.82. The van der Waals surface area contributed by atoms with E-state index in [1.807, 2.05) is 32.9 Å². The molecule has 0 spiro atoms. The fourth-order valence-corrected chi connectivity index (χ4v) is 2.33. The molecule has 2 rings (SSSR count). The second-order valence-corrected chi connectivity index (χ2v) is 4.95. The number of hydrogen-bond donors (Lipinski definition) is 1. The van der Waals surface area contributed by atoms with Crippen molar-refractivity contribution in [2.45, 2.75) is 27.3 Å². The fraction of sp³-hybridized carbons (Fsp3) is 0.250. The number of anilines is 1. The topological polar surface area (TPSA) is 12.0 Å². The monoisotopic (exact) mass is 279 g/mol. The minimum atomic E-state index is -1.45. The van der Waals surface area contributed by atoms with Crippen LogP contribution < -0.4 is 5.32 Å². The zero-order valence-corrected chi connectivity index (χ0v) is 11.7. The van der Waals surface area contributed by atoms with Crippen LogP contribution in [-0.2, 0) is 6.54 Å². The van der Waals surface area contributed by atoms with Gasteiger partial charge in [-0.1, -0.05) is 17.7 Å². The molecule has 0 heterocycles. The van der Waals surface area contributed by atoms with Gasteiger partial charge in [-0.15, -0.1) is 0 Å². The van der Waals surface area contributed by atoms with E-state index in [4.69, 9.17) is 0 Å². The van der Waals surface area contributed by atoms with Crippen molar-refractivity contribution in [3.63, 3.8) is 0 Å². The highest BCUT2D eigenvalue weighted by molar-refractivity contribution is 5.47. The van der Waals surface area contributed by atoms with E-state index in [0.717, 1.165) is 28.3 Å². The van der Waals surface area contributed by atoms with Gasteiger partial charge in [0, 0.05) is 6.54 Å².